The molecule has 0 aliphatic carbocycles. The zero-order valence-corrected chi connectivity index (χ0v) is 17.2. The first-order valence-corrected chi connectivity index (χ1v) is 9.58. The minimum atomic E-state index is -0.383. The Bertz CT molecular complexity index is 898. The van der Waals surface area contributed by atoms with Crippen molar-refractivity contribution in [2.24, 2.45) is 5.92 Å². The van der Waals surface area contributed by atoms with Crippen molar-refractivity contribution in [3.8, 4) is 0 Å². The Hall–Kier alpha value is -1.85. The fourth-order valence-corrected chi connectivity index (χ4v) is 3.64. The van der Waals surface area contributed by atoms with Gasteiger partial charge < -0.3 is 10.2 Å². The van der Waals surface area contributed by atoms with Crippen LogP contribution in [-0.4, -0.2) is 18.4 Å². The molecule has 0 saturated carbocycles. The van der Waals surface area contributed by atoms with Gasteiger partial charge in [0.1, 0.15) is 0 Å². The Labute approximate surface area is 166 Å². The number of nitrogens with one attached hydrogen (secondary N) is 1. The summed E-state index contributed by atoms with van der Waals surface area (Å²) in [5.41, 5.74) is 4.61. The van der Waals surface area contributed by atoms with Crippen molar-refractivity contribution in [1.29, 1.82) is 0 Å². The van der Waals surface area contributed by atoms with E-state index in [1.807, 2.05) is 39.0 Å². The topological polar surface area (TPSA) is 49.4 Å². The van der Waals surface area contributed by atoms with Gasteiger partial charge in [0.05, 0.1) is 10.9 Å². The molecule has 1 N–H and O–H groups in total. The number of halogens is 2. The predicted molar refractivity (Wildman–Crippen MR) is 109 cm³/mol. The van der Waals surface area contributed by atoms with Crippen LogP contribution >= 0.6 is 27.5 Å². The van der Waals surface area contributed by atoms with E-state index in [1.54, 1.807) is 17.0 Å². The second-order valence-corrected chi connectivity index (χ2v) is 7.93. The largest absolute Gasteiger partial charge is 0.325 e. The van der Waals surface area contributed by atoms with E-state index < -0.39 is 0 Å². The summed E-state index contributed by atoms with van der Waals surface area (Å²) < 4.78 is 0.784. The molecule has 2 aromatic rings. The summed E-state index contributed by atoms with van der Waals surface area (Å²) in [5.74, 6) is -0.573. The van der Waals surface area contributed by atoms with Crippen LogP contribution < -0.4 is 10.2 Å². The van der Waals surface area contributed by atoms with Gasteiger partial charge in [0.15, 0.2) is 0 Å². The molecule has 0 radical (unpaired) electrons. The SMILES string of the molecule is Cc1ccc(N2C[C@H](C(=O)Nc3ccc(Br)c(Cl)c3C)CC2=O)cc1C. The second-order valence-electron chi connectivity index (χ2n) is 6.70. The van der Waals surface area contributed by atoms with Gasteiger partial charge in [0.2, 0.25) is 11.8 Å². The van der Waals surface area contributed by atoms with E-state index in [0.29, 0.717) is 17.3 Å². The fourth-order valence-electron chi connectivity index (χ4n) is 3.05. The number of carbonyl (C=O) groups is 2. The molecule has 136 valence electrons. The molecule has 2 aromatic carbocycles. The molecule has 4 nitrogen and oxygen atoms in total. The van der Waals surface area contributed by atoms with Gasteiger partial charge in [-0.1, -0.05) is 17.7 Å². The highest BCUT2D eigenvalue weighted by Crippen LogP contribution is 2.32. The number of aryl methyl sites for hydroxylation is 2. The number of benzene rings is 2. The molecule has 1 heterocycles. The summed E-state index contributed by atoms with van der Waals surface area (Å²) in [6, 6.07) is 9.52. The van der Waals surface area contributed by atoms with Crippen molar-refractivity contribution in [2.45, 2.75) is 27.2 Å². The van der Waals surface area contributed by atoms with Crippen LogP contribution in [0.25, 0.3) is 0 Å². The maximum Gasteiger partial charge on any atom is 0.229 e. The Balaban J connectivity index is 1.75. The molecule has 1 aliphatic heterocycles. The number of amides is 2. The highest BCUT2D eigenvalue weighted by Gasteiger charge is 2.35. The highest BCUT2D eigenvalue weighted by atomic mass is 79.9. The molecule has 0 unspecified atom stereocenters. The standard InChI is InChI=1S/C20H20BrClN2O2/c1-11-4-5-15(8-12(11)2)24-10-14(9-18(24)25)20(26)23-17-7-6-16(21)19(22)13(17)3/h4-8,14H,9-10H2,1-3H3,(H,23,26)/t14-/m1/s1. The average Bonchev–Trinajstić information content (AvgIpc) is 3.00. The van der Waals surface area contributed by atoms with Crippen LogP contribution in [0.4, 0.5) is 11.4 Å². The molecule has 1 fully saturated rings. The van der Waals surface area contributed by atoms with Crippen LogP contribution in [-0.2, 0) is 9.59 Å². The molecule has 1 saturated heterocycles. The summed E-state index contributed by atoms with van der Waals surface area (Å²) in [7, 11) is 0. The summed E-state index contributed by atoms with van der Waals surface area (Å²) in [5, 5.41) is 3.48. The van der Waals surface area contributed by atoms with Crippen molar-refractivity contribution in [3.63, 3.8) is 0 Å². The van der Waals surface area contributed by atoms with E-state index in [2.05, 4.69) is 21.2 Å². The molecule has 3 rings (SSSR count). The zero-order chi connectivity index (χ0) is 19.0. The maximum absolute atomic E-state index is 12.7. The molecule has 1 aliphatic rings. The number of hydrogen-bond donors (Lipinski definition) is 1. The summed E-state index contributed by atoms with van der Waals surface area (Å²) >= 11 is 9.59. The van der Waals surface area contributed by atoms with Gasteiger partial charge >= 0.3 is 0 Å². The molecular weight excluding hydrogens is 416 g/mol. The Kier molecular flexibility index (Phi) is 5.39. The lowest BCUT2D eigenvalue weighted by Crippen LogP contribution is -2.28. The number of anilines is 2. The number of rotatable bonds is 3. The quantitative estimate of drug-likeness (QED) is 0.736. The van der Waals surface area contributed by atoms with Crippen LogP contribution in [0.2, 0.25) is 5.02 Å². The molecule has 0 spiro atoms. The summed E-state index contributed by atoms with van der Waals surface area (Å²) in [4.78, 5) is 26.8. The monoisotopic (exact) mass is 434 g/mol. The van der Waals surface area contributed by atoms with Crippen molar-refractivity contribution < 1.29 is 9.59 Å². The molecule has 2 amide bonds. The minimum absolute atomic E-state index is 0.0287. The van der Waals surface area contributed by atoms with Crippen LogP contribution in [0.3, 0.4) is 0 Å². The first-order chi connectivity index (χ1) is 12.3. The van der Waals surface area contributed by atoms with Crippen molar-refractivity contribution in [3.05, 3.63) is 56.5 Å². The van der Waals surface area contributed by atoms with Gasteiger partial charge in [-0.05, 0) is 77.7 Å². The van der Waals surface area contributed by atoms with Crippen LogP contribution in [0.5, 0.6) is 0 Å². The first kappa shape index (κ1) is 18.9. The molecular formula is C20H20BrClN2O2. The Morgan fingerprint density at radius 2 is 1.92 bits per heavy atom. The Morgan fingerprint density at radius 1 is 1.19 bits per heavy atom. The predicted octanol–water partition coefficient (Wildman–Crippen LogP) is 5.02. The summed E-state index contributed by atoms with van der Waals surface area (Å²) in [6.07, 6.45) is 0.210. The number of nitrogens with zero attached hydrogens (tertiary/aromatic N) is 1. The van der Waals surface area contributed by atoms with Gasteiger partial charge in [0.25, 0.3) is 0 Å². The van der Waals surface area contributed by atoms with Gasteiger partial charge in [-0.2, -0.15) is 0 Å². The molecule has 6 heteroatoms. The van der Waals surface area contributed by atoms with Gasteiger partial charge in [-0.15, -0.1) is 0 Å². The van der Waals surface area contributed by atoms with Crippen LogP contribution in [0.1, 0.15) is 23.1 Å². The van der Waals surface area contributed by atoms with E-state index in [-0.39, 0.29) is 24.2 Å². The normalized spacial score (nSPS) is 16.9. The van der Waals surface area contributed by atoms with E-state index in [4.69, 9.17) is 11.6 Å². The van der Waals surface area contributed by atoms with Crippen molar-refractivity contribution in [1.82, 2.24) is 0 Å². The van der Waals surface area contributed by atoms with Crippen molar-refractivity contribution >= 4 is 50.7 Å². The third-order valence-electron chi connectivity index (χ3n) is 4.90. The highest BCUT2D eigenvalue weighted by molar-refractivity contribution is 9.10. The smallest absolute Gasteiger partial charge is 0.229 e. The Morgan fingerprint density at radius 3 is 2.62 bits per heavy atom. The van der Waals surface area contributed by atoms with Crippen molar-refractivity contribution in [2.75, 3.05) is 16.8 Å². The van der Waals surface area contributed by atoms with E-state index in [0.717, 1.165) is 21.3 Å². The number of carbonyl (C=O) groups excluding carboxylic acids is 2. The third kappa shape index (κ3) is 3.64. The van der Waals surface area contributed by atoms with Crippen LogP contribution in [0.15, 0.2) is 34.8 Å². The third-order valence-corrected chi connectivity index (χ3v) is 6.27. The van der Waals surface area contributed by atoms with E-state index >= 15 is 0 Å². The summed E-state index contributed by atoms with van der Waals surface area (Å²) in [6.45, 7) is 6.29. The fraction of sp³-hybridized carbons (Fsp3) is 0.300. The van der Waals surface area contributed by atoms with E-state index in [1.165, 1.54) is 5.56 Å². The van der Waals surface area contributed by atoms with Gasteiger partial charge in [-0.25, -0.2) is 0 Å². The molecule has 0 aromatic heterocycles. The number of hydrogen-bond acceptors (Lipinski definition) is 2. The molecule has 26 heavy (non-hydrogen) atoms. The van der Waals surface area contributed by atoms with E-state index in [9.17, 15) is 9.59 Å². The average molecular weight is 436 g/mol. The van der Waals surface area contributed by atoms with Crippen LogP contribution in [0, 0.1) is 26.7 Å². The molecule has 1 atom stereocenters. The first-order valence-electron chi connectivity index (χ1n) is 8.41. The van der Waals surface area contributed by atoms with Gasteiger partial charge in [-0.3, -0.25) is 9.59 Å². The second kappa shape index (κ2) is 7.41. The minimum Gasteiger partial charge on any atom is -0.325 e. The zero-order valence-electron chi connectivity index (χ0n) is 14.9. The maximum atomic E-state index is 12.7. The van der Waals surface area contributed by atoms with Gasteiger partial charge in [0, 0.05) is 28.8 Å². The lowest BCUT2D eigenvalue weighted by molar-refractivity contribution is -0.122. The molecule has 0 bridgehead atoms. The lowest BCUT2D eigenvalue weighted by Gasteiger charge is -2.18. The lowest BCUT2D eigenvalue weighted by atomic mass is 10.1.